The van der Waals surface area contributed by atoms with Crippen LogP contribution in [0.4, 0.5) is 0 Å². The van der Waals surface area contributed by atoms with Crippen molar-refractivity contribution in [3.8, 4) is 6.07 Å². The summed E-state index contributed by atoms with van der Waals surface area (Å²) >= 11 is 0. The average Bonchev–Trinajstić information content (AvgIpc) is 2.60. The Morgan fingerprint density at radius 1 is 1.73 bits per heavy atom. The second-order valence-corrected chi connectivity index (χ2v) is 3.75. The van der Waals surface area contributed by atoms with E-state index < -0.39 is 5.41 Å². The molecule has 6 heteroatoms. The predicted molar refractivity (Wildman–Crippen MR) is 52.2 cm³/mol. The van der Waals surface area contributed by atoms with Crippen LogP contribution in [-0.2, 0) is 18.4 Å². The minimum atomic E-state index is -1.02. The van der Waals surface area contributed by atoms with Crippen LogP contribution in [0.2, 0.25) is 0 Å². The van der Waals surface area contributed by atoms with E-state index in [1.54, 1.807) is 31.9 Å². The molecule has 0 bridgehead atoms. The molecule has 0 saturated carbocycles. The lowest BCUT2D eigenvalue weighted by Crippen LogP contribution is -2.35. The van der Waals surface area contributed by atoms with Crippen molar-refractivity contribution in [3.63, 3.8) is 0 Å². The quantitative estimate of drug-likeness (QED) is 0.755. The molecule has 0 aliphatic carbocycles. The van der Waals surface area contributed by atoms with Gasteiger partial charge in [0.1, 0.15) is 11.7 Å². The van der Waals surface area contributed by atoms with Crippen molar-refractivity contribution in [2.45, 2.75) is 20.4 Å². The minimum Gasteiger partial charge on any atom is -0.347 e. The maximum absolute atomic E-state index is 11.5. The molecule has 0 aliphatic heterocycles. The molecule has 0 aliphatic rings. The third-order valence-electron chi connectivity index (χ3n) is 1.90. The van der Waals surface area contributed by atoms with Crippen LogP contribution in [0.1, 0.15) is 19.7 Å². The maximum atomic E-state index is 11.5. The summed E-state index contributed by atoms with van der Waals surface area (Å²) in [5.74, 6) is 0.206. The Balaban J connectivity index is 2.52. The van der Waals surface area contributed by atoms with E-state index in [2.05, 4.69) is 15.4 Å². The van der Waals surface area contributed by atoms with Gasteiger partial charge >= 0.3 is 0 Å². The van der Waals surface area contributed by atoms with Crippen molar-refractivity contribution < 1.29 is 4.79 Å². The molecule has 1 heterocycles. The van der Waals surface area contributed by atoms with Crippen LogP contribution >= 0.6 is 0 Å². The number of rotatable bonds is 3. The first-order valence-corrected chi connectivity index (χ1v) is 4.50. The van der Waals surface area contributed by atoms with Crippen molar-refractivity contribution >= 4 is 5.91 Å². The molecule has 0 atom stereocenters. The number of amides is 1. The zero-order chi connectivity index (χ0) is 11.5. The topological polar surface area (TPSA) is 83.6 Å². The first-order valence-electron chi connectivity index (χ1n) is 4.50. The van der Waals surface area contributed by atoms with Crippen LogP contribution in [0.25, 0.3) is 0 Å². The zero-order valence-electron chi connectivity index (χ0n) is 8.98. The number of nitrogens with one attached hydrogen (secondary N) is 1. The smallest absolute Gasteiger partial charge is 0.240 e. The highest BCUT2D eigenvalue weighted by atomic mass is 16.2. The maximum Gasteiger partial charge on any atom is 0.240 e. The lowest BCUT2D eigenvalue weighted by molar-refractivity contribution is -0.127. The van der Waals surface area contributed by atoms with Crippen molar-refractivity contribution in [2.75, 3.05) is 0 Å². The molecule has 0 fully saturated rings. The van der Waals surface area contributed by atoms with Gasteiger partial charge in [0, 0.05) is 7.05 Å². The summed E-state index contributed by atoms with van der Waals surface area (Å²) in [6, 6.07) is 1.92. The fraction of sp³-hybridized carbons (Fsp3) is 0.556. The fourth-order valence-corrected chi connectivity index (χ4v) is 0.896. The monoisotopic (exact) mass is 207 g/mol. The van der Waals surface area contributed by atoms with Crippen LogP contribution in [0.15, 0.2) is 6.33 Å². The summed E-state index contributed by atoms with van der Waals surface area (Å²) in [5.41, 5.74) is -1.02. The average molecular weight is 207 g/mol. The second-order valence-electron chi connectivity index (χ2n) is 3.75. The molecular formula is C9H13N5O. The molecule has 1 N–H and O–H groups in total. The van der Waals surface area contributed by atoms with Crippen LogP contribution in [-0.4, -0.2) is 20.7 Å². The number of carbonyl (C=O) groups excluding carboxylic acids is 1. The normalized spacial score (nSPS) is 10.8. The van der Waals surface area contributed by atoms with Gasteiger partial charge in [-0.3, -0.25) is 9.48 Å². The van der Waals surface area contributed by atoms with E-state index in [0.717, 1.165) is 0 Å². The number of hydrogen-bond acceptors (Lipinski definition) is 4. The van der Waals surface area contributed by atoms with Gasteiger partial charge in [-0.05, 0) is 13.8 Å². The first-order chi connectivity index (χ1) is 6.95. The van der Waals surface area contributed by atoms with Gasteiger partial charge < -0.3 is 5.32 Å². The third-order valence-corrected chi connectivity index (χ3v) is 1.90. The number of hydrogen-bond donors (Lipinski definition) is 1. The molecule has 15 heavy (non-hydrogen) atoms. The number of nitriles is 1. The standard InChI is InChI=1S/C9H13N5O/c1-9(2,5-10)8(15)11-4-7-12-6-14(3)13-7/h6H,4H2,1-3H3,(H,11,15). The predicted octanol–water partition coefficient (Wildman–Crippen LogP) is -0.0189. The molecule has 1 aromatic rings. The van der Waals surface area contributed by atoms with E-state index in [4.69, 9.17) is 5.26 Å². The zero-order valence-corrected chi connectivity index (χ0v) is 8.98. The van der Waals surface area contributed by atoms with Crippen LogP contribution in [0.3, 0.4) is 0 Å². The summed E-state index contributed by atoms with van der Waals surface area (Å²) in [6.45, 7) is 3.37. The second kappa shape index (κ2) is 4.09. The minimum absolute atomic E-state index is 0.241. The van der Waals surface area contributed by atoms with E-state index in [1.165, 1.54) is 0 Å². The van der Waals surface area contributed by atoms with Gasteiger partial charge in [-0.25, -0.2) is 4.98 Å². The molecule has 1 rings (SSSR count). The van der Waals surface area contributed by atoms with E-state index >= 15 is 0 Å². The number of aryl methyl sites for hydroxylation is 1. The Hall–Kier alpha value is -1.90. The van der Waals surface area contributed by atoms with E-state index in [1.807, 2.05) is 6.07 Å². The number of nitrogens with zero attached hydrogens (tertiary/aromatic N) is 4. The highest BCUT2D eigenvalue weighted by molar-refractivity contribution is 5.84. The van der Waals surface area contributed by atoms with Crippen molar-refractivity contribution in [3.05, 3.63) is 12.2 Å². The van der Waals surface area contributed by atoms with Crippen LogP contribution in [0.5, 0.6) is 0 Å². The van der Waals surface area contributed by atoms with Gasteiger partial charge in [0.2, 0.25) is 5.91 Å². The van der Waals surface area contributed by atoms with E-state index in [9.17, 15) is 4.79 Å². The van der Waals surface area contributed by atoms with Crippen LogP contribution < -0.4 is 5.32 Å². The van der Waals surface area contributed by atoms with E-state index in [0.29, 0.717) is 5.82 Å². The van der Waals surface area contributed by atoms with Gasteiger partial charge in [-0.2, -0.15) is 10.4 Å². The molecule has 80 valence electrons. The molecule has 0 aromatic carbocycles. The molecule has 0 spiro atoms. The fourth-order valence-electron chi connectivity index (χ4n) is 0.896. The van der Waals surface area contributed by atoms with Crippen molar-refractivity contribution in [2.24, 2.45) is 12.5 Å². The Labute approximate surface area is 87.9 Å². The third kappa shape index (κ3) is 2.77. The van der Waals surface area contributed by atoms with Crippen LogP contribution in [0, 0.1) is 16.7 Å². The molecule has 0 saturated heterocycles. The first kappa shape index (κ1) is 11.2. The van der Waals surface area contributed by atoms with Gasteiger partial charge in [0.05, 0.1) is 12.6 Å². The van der Waals surface area contributed by atoms with Gasteiger partial charge in [0.25, 0.3) is 0 Å². The summed E-state index contributed by atoms with van der Waals surface area (Å²) in [7, 11) is 1.75. The summed E-state index contributed by atoms with van der Waals surface area (Å²) < 4.78 is 1.55. The molecule has 0 radical (unpaired) electrons. The molecule has 0 unspecified atom stereocenters. The molecule has 1 aromatic heterocycles. The Morgan fingerprint density at radius 2 is 2.40 bits per heavy atom. The van der Waals surface area contributed by atoms with Crippen molar-refractivity contribution in [1.82, 2.24) is 20.1 Å². The van der Waals surface area contributed by atoms with Gasteiger partial charge in [-0.1, -0.05) is 0 Å². The van der Waals surface area contributed by atoms with Gasteiger partial charge in [0.15, 0.2) is 5.82 Å². The van der Waals surface area contributed by atoms with Crippen molar-refractivity contribution in [1.29, 1.82) is 5.26 Å². The number of carbonyl (C=O) groups is 1. The lowest BCUT2D eigenvalue weighted by atomic mass is 9.95. The SMILES string of the molecule is Cn1cnc(CNC(=O)C(C)(C)C#N)n1. The van der Waals surface area contributed by atoms with E-state index in [-0.39, 0.29) is 12.5 Å². The lowest BCUT2D eigenvalue weighted by Gasteiger charge is -2.13. The Bertz CT molecular complexity index is 401. The largest absolute Gasteiger partial charge is 0.347 e. The Morgan fingerprint density at radius 3 is 2.87 bits per heavy atom. The highest BCUT2D eigenvalue weighted by Crippen LogP contribution is 2.12. The summed E-state index contributed by atoms with van der Waals surface area (Å²) in [5, 5.41) is 15.3. The number of aromatic nitrogens is 3. The molecule has 6 nitrogen and oxygen atoms in total. The van der Waals surface area contributed by atoms with Gasteiger partial charge in [-0.15, -0.1) is 0 Å². The Kier molecular flexibility index (Phi) is 3.04. The molecule has 1 amide bonds. The summed E-state index contributed by atoms with van der Waals surface area (Å²) in [4.78, 5) is 15.4. The highest BCUT2D eigenvalue weighted by Gasteiger charge is 2.26. The summed E-state index contributed by atoms with van der Waals surface area (Å²) in [6.07, 6.45) is 1.55. The molecular weight excluding hydrogens is 194 g/mol.